The maximum Gasteiger partial charge on any atom is 0.433 e. The number of anilines is 1. The highest BCUT2D eigenvalue weighted by Gasteiger charge is 2.34. The van der Waals surface area contributed by atoms with Crippen molar-refractivity contribution in [3.05, 3.63) is 42.2 Å². The van der Waals surface area contributed by atoms with E-state index in [1.807, 2.05) is 4.90 Å². The van der Waals surface area contributed by atoms with E-state index in [9.17, 15) is 18.0 Å². The molecule has 7 nitrogen and oxygen atoms in total. The summed E-state index contributed by atoms with van der Waals surface area (Å²) < 4.78 is 38.0. The molecule has 0 radical (unpaired) electrons. The number of alkyl halides is 3. The Morgan fingerprint density at radius 2 is 1.67 bits per heavy atom. The molecule has 24 heavy (non-hydrogen) atoms. The smallest absolute Gasteiger partial charge is 0.337 e. The van der Waals surface area contributed by atoms with Crippen molar-refractivity contribution in [1.29, 1.82) is 0 Å². The van der Waals surface area contributed by atoms with Gasteiger partial charge in [0, 0.05) is 44.8 Å². The van der Waals surface area contributed by atoms with Crippen molar-refractivity contribution in [3.8, 4) is 0 Å². The molecule has 2 aromatic heterocycles. The number of carbonyl (C=O) groups excluding carboxylic acids is 1. The van der Waals surface area contributed by atoms with E-state index < -0.39 is 23.6 Å². The molecule has 0 N–H and O–H groups in total. The number of nitrogens with zero attached hydrogens (tertiary/aromatic N) is 6. The summed E-state index contributed by atoms with van der Waals surface area (Å²) in [4.78, 5) is 30.9. The lowest BCUT2D eigenvalue weighted by Gasteiger charge is -2.34. The second-order valence-corrected chi connectivity index (χ2v) is 5.09. The number of carbonyl (C=O) groups is 1. The maximum absolute atomic E-state index is 12.7. The predicted molar refractivity (Wildman–Crippen MR) is 77.2 cm³/mol. The number of piperazine rings is 1. The third-order valence-electron chi connectivity index (χ3n) is 3.54. The number of hydrogen-bond acceptors (Lipinski definition) is 6. The summed E-state index contributed by atoms with van der Waals surface area (Å²) >= 11 is 0. The van der Waals surface area contributed by atoms with Gasteiger partial charge in [0.25, 0.3) is 5.91 Å². The molecule has 0 spiro atoms. The number of aromatic nitrogens is 4. The first-order valence-corrected chi connectivity index (χ1v) is 7.16. The van der Waals surface area contributed by atoms with E-state index in [0.29, 0.717) is 32.1 Å². The van der Waals surface area contributed by atoms with E-state index in [0.717, 1.165) is 12.3 Å². The first kappa shape index (κ1) is 16.1. The number of halogens is 3. The zero-order chi connectivity index (χ0) is 17.2. The first-order valence-electron chi connectivity index (χ1n) is 7.16. The standard InChI is InChI=1S/C14H13F3N6O/c15-14(16,17)10-2-5-18-11(21-10)12(24)22-6-8-23(9-7-22)13-19-3-1-4-20-13/h1-5H,6-9H2. The third kappa shape index (κ3) is 3.42. The maximum atomic E-state index is 12.7. The molecular weight excluding hydrogens is 325 g/mol. The van der Waals surface area contributed by atoms with Crippen LogP contribution in [0.25, 0.3) is 0 Å². The lowest BCUT2D eigenvalue weighted by Crippen LogP contribution is -2.49. The van der Waals surface area contributed by atoms with Gasteiger partial charge in [0.15, 0.2) is 0 Å². The van der Waals surface area contributed by atoms with Gasteiger partial charge in [-0.05, 0) is 12.1 Å². The zero-order valence-corrected chi connectivity index (χ0v) is 12.4. The van der Waals surface area contributed by atoms with Gasteiger partial charge in [0.2, 0.25) is 11.8 Å². The molecule has 1 fully saturated rings. The molecule has 10 heteroatoms. The molecule has 2 aromatic rings. The molecule has 3 rings (SSSR count). The van der Waals surface area contributed by atoms with Crippen molar-refractivity contribution in [1.82, 2.24) is 24.8 Å². The Morgan fingerprint density at radius 3 is 2.29 bits per heavy atom. The van der Waals surface area contributed by atoms with E-state index in [1.165, 1.54) is 4.90 Å². The second kappa shape index (κ2) is 6.38. The summed E-state index contributed by atoms with van der Waals surface area (Å²) in [6.07, 6.45) is -0.425. The van der Waals surface area contributed by atoms with Gasteiger partial charge in [0.05, 0.1) is 0 Å². The fraction of sp³-hybridized carbons (Fsp3) is 0.357. The number of amides is 1. The van der Waals surface area contributed by atoms with Crippen molar-refractivity contribution in [2.45, 2.75) is 6.18 Å². The van der Waals surface area contributed by atoms with E-state index >= 15 is 0 Å². The van der Waals surface area contributed by atoms with Gasteiger partial charge >= 0.3 is 6.18 Å². The van der Waals surface area contributed by atoms with Crippen molar-refractivity contribution in [3.63, 3.8) is 0 Å². The first-order chi connectivity index (χ1) is 11.4. The SMILES string of the molecule is O=C(c1nccc(C(F)(F)F)n1)N1CCN(c2ncccn2)CC1. The van der Waals surface area contributed by atoms with Gasteiger partial charge < -0.3 is 9.80 Å². The molecule has 0 unspecified atom stereocenters. The van der Waals surface area contributed by atoms with Crippen LogP contribution in [-0.2, 0) is 6.18 Å². The number of rotatable bonds is 2. The normalized spacial score (nSPS) is 15.5. The second-order valence-electron chi connectivity index (χ2n) is 5.09. The summed E-state index contributed by atoms with van der Waals surface area (Å²) in [6.45, 7) is 1.62. The van der Waals surface area contributed by atoms with E-state index in [4.69, 9.17) is 0 Å². The lowest BCUT2D eigenvalue weighted by molar-refractivity contribution is -0.141. The molecule has 0 aromatic carbocycles. The van der Waals surface area contributed by atoms with Gasteiger partial charge in [-0.15, -0.1) is 0 Å². The largest absolute Gasteiger partial charge is 0.433 e. The highest BCUT2D eigenvalue weighted by atomic mass is 19.4. The molecule has 0 bridgehead atoms. The average molecular weight is 338 g/mol. The minimum atomic E-state index is -4.61. The topological polar surface area (TPSA) is 75.1 Å². The quantitative estimate of drug-likeness (QED) is 0.820. The van der Waals surface area contributed by atoms with Crippen LogP contribution in [0.4, 0.5) is 19.1 Å². The molecule has 0 atom stereocenters. The molecule has 126 valence electrons. The number of hydrogen-bond donors (Lipinski definition) is 0. The lowest BCUT2D eigenvalue weighted by atomic mass is 10.3. The molecule has 0 saturated carbocycles. The summed E-state index contributed by atoms with van der Waals surface area (Å²) in [7, 11) is 0. The van der Waals surface area contributed by atoms with Crippen LogP contribution in [0.3, 0.4) is 0 Å². The van der Waals surface area contributed by atoms with Crippen LogP contribution in [0.1, 0.15) is 16.3 Å². The highest BCUT2D eigenvalue weighted by Crippen LogP contribution is 2.27. The van der Waals surface area contributed by atoms with E-state index in [1.54, 1.807) is 18.5 Å². The van der Waals surface area contributed by atoms with Crippen LogP contribution in [0.5, 0.6) is 0 Å². The Balaban J connectivity index is 1.67. The summed E-state index contributed by atoms with van der Waals surface area (Å²) in [5.41, 5.74) is -1.13. The molecular formula is C14H13F3N6O. The third-order valence-corrected chi connectivity index (χ3v) is 3.54. The van der Waals surface area contributed by atoms with Gasteiger partial charge in [0.1, 0.15) is 5.69 Å². The van der Waals surface area contributed by atoms with Crippen molar-refractivity contribution in [2.75, 3.05) is 31.1 Å². The fourth-order valence-corrected chi connectivity index (χ4v) is 2.33. The van der Waals surface area contributed by atoms with Crippen molar-refractivity contribution in [2.24, 2.45) is 0 Å². The average Bonchev–Trinajstić information content (AvgIpc) is 2.61. The Labute approximate surface area is 135 Å². The highest BCUT2D eigenvalue weighted by molar-refractivity contribution is 5.90. The van der Waals surface area contributed by atoms with Gasteiger partial charge in [-0.2, -0.15) is 13.2 Å². The van der Waals surface area contributed by atoms with Crippen LogP contribution in [0.2, 0.25) is 0 Å². The minimum Gasteiger partial charge on any atom is -0.337 e. The van der Waals surface area contributed by atoms with Crippen molar-refractivity contribution >= 4 is 11.9 Å². The van der Waals surface area contributed by atoms with Crippen LogP contribution in [-0.4, -0.2) is 56.9 Å². The fourth-order valence-electron chi connectivity index (χ4n) is 2.33. The summed E-state index contributed by atoms with van der Waals surface area (Å²) in [5.74, 6) is -0.510. The predicted octanol–water partition coefficient (Wildman–Crippen LogP) is 1.25. The molecule has 3 heterocycles. The van der Waals surface area contributed by atoms with E-state index in [2.05, 4.69) is 19.9 Å². The van der Waals surface area contributed by atoms with Gasteiger partial charge in [-0.3, -0.25) is 4.79 Å². The minimum absolute atomic E-state index is 0.330. The van der Waals surface area contributed by atoms with Crippen LogP contribution in [0, 0.1) is 0 Å². The Morgan fingerprint density at radius 1 is 1.00 bits per heavy atom. The summed E-state index contributed by atoms with van der Waals surface area (Å²) in [6, 6.07) is 2.44. The van der Waals surface area contributed by atoms with Gasteiger partial charge in [-0.25, -0.2) is 19.9 Å². The Bertz CT molecular complexity index is 716. The van der Waals surface area contributed by atoms with Crippen molar-refractivity contribution < 1.29 is 18.0 Å². The molecule has 1 amide bonds. The molecule has 0 aliphatic carbocycles. The molecule has 1 saturated heterocycles. The van der Waals surface area contributed by atoms with Crippen LogP contribution < -0.4 is 4.90 Å². The van der Waals surface area contributed by atoms with Crippen LogP contribution >= 0.6 is 0 Å². The molecule has 1 aliphatic heterocycles. The van der Waals surface area contributed by atoms with Crippen LogP contribution in [0.15, 0.2) is 30.7 Å². The summed E-state index contributed by atoms with van der Waals surface area (Å²) in [5, 5.41) is 0. The monoisotopic (exact) mass is 338 g/mol. The van der Waals surface area contributed by atoms with Gasteiger partial charge in [-0.1, -0.05) is 0 Å². The Hall–Kier alpha value is -2.78. The Kier molecular flexibility index (Phi) is 4.28. The molecule has 1 aliphatic rings. The van der Waals surface area contributed by atoms with E-state index in [-0.39, 0.29) is 0 Å². The zero-order valence-electron chi connectivity index (χ0n) is 12.4.